The number of hydrogen-bond donors (Lipinski definition) is 1. The molecule has 2 heterocycles. The van der Waals surface area contributed by atoms with E-state index in [2.05, 4.69) is 32.3 Å². The summed E-state index contributed by atoms with van der Waals surface area (Å²) >= 11 is 1.68. The average molecular weight is 291 g/mol. The Morgan fingerprint density at radius 3 is 2.75 bits per heavy atom. The Labute approximate surface area is 124 Å². The lowest BCUT2D eigenvalue weighted by atomic mass is 10.3. The second-order valence-electron chi connectivity index (χ2n) is 4.78. The highest BCUT2D eigenvalue weighted by atomic mass is 32.1. The van der Waals surface area contributed by atoms with Gasteiger partial charge in [-0.1, -0.05) is 6.92 Å². The molecule has 1 N–H and O–H groups in total. The number of aryl methyl sites for hydroxylation is 1. The van der Waals surface area contributed by atoms with Crippen LogP contribution in [-0.2, 0) is 13.1 Å². The third kappa shape index (κ3) is 3.98. The molecule has 0 atom stereocenters. The molecule has 0 bridgehead atoms. The van der Waals surface area contributed by atoms with E-state index in [0.29, 0.717) is 0 Å². The van der Waals surface area contributed by atoms with Crippen LogP contribution < -0.4 is 10.2 Å². The number of aromatic nitrogens is 3. The van der Waals surface area contributed by atoms with Gasteiger partial charge < -0.3 is 10.2 Å². The Hall–Kier alpha value is -1.53. The van der Waals surface area contributed by atoms with E-state index in [-0.39, 0.29) is 0 Å². The highest BCUT2D eigenvalue weighted by Crippen LogP contribution is 2.17. The molecule has 0 aliphatic carbocycles. The molecule has 0 saturated heterocycles. The van der Waals surface area contributed by atoms with E-state index in [4.69, 9.17) is 0 Å². The van der Waals surface area contributed by atoms with Crippen LogP contribution in [0.15, 0.2) is 17.6 Å². The van der Waals surface area contributed by atoms with Gasteiger partial charge in [-0.05, 0) is 32.0 Å². The lowest BCUT2D eigenvalue weighted by Crippen LogP contribution is -2.19. The van der Waals surface area contributed by atoms with Crippen molar-refractivity contribution in [1.82, 2.24) is 20.5 Å². The van der Waals surface area contributed by atoms with Gasteiger partial charge in [0.2, 0.25) is 0 Å². The van der Waals surface area contributed by atoms with Crippen LogP contribution in [0.4, 0.5) is 5.82 Å². The van der Waals surface area contributed by atoms with E-state index >= 15 is 0 Å². The lowest BCUT2D eigenvalue weighted by molar-refractivity contribution is 0.656. The van der Waals surface area contributed by atoms with E-state index in [0.717, 1.165) is 43.3 Å². The van der Waals surface area contributed by atoms with Gasteiger partial charge in [-0.25, -0.2) is 4.98 Å². The van der Waals surface area contributed by atoms with Gasteiger partial charge >= 0.3 is 0 Å². The Morgan fingerprint density at radius 1 is 1.30 bits per heavy atom. The normalized spacial score (nSPS) is 10.8. The summed E-state index contributed by atoms with van der Waals surface area (Å²) in [4.78, 5) is 7.63. The smallest absolute Gasteiger partial charge is 0.151 e. The standard InChI is InChI=1S/C14H21N5S/c1-4-7-15-8-12-5-6-14(18-17-12)19(3)9-13-11(2)16-10-20-13/h5-6,10,15H,4,7-9H2,1-3H3. The Balaban J connectivity index is 1.93. The molecule has 108 valence electrons. The molecule has 2 rings (SSSR count). The molecule has 0 spiro atoms. The van der Waals surface area contributed by atoms with Gasteiger partial charge in [0.25, 0.3) is 0 Å². The first-order chi connectivity index (χ1) is 9.70. The lowest BCUT2D eigenvalue weighted by Gasteiger charge is -2.17. The predicted molar refractivity (Wildman–Crippen MR) is 83.0 cm³/mol. The van der Waals surface area contributed by atoms with Crippen molar-refractivity contribution in [3.8, 4) is 0 Å². The SMILES string of the molecule is CCCNCc1ccc(N(C)Cc2scnc2C)nn1. The maximum absolute atomic E-state index is 4.29. The maximum atomic E-state index is 4.29. The van der Waals surface area contributed by atoms with E-state index in [1.165, 1.54) is 4.88 Å². The molecule has 6 heteroatoms. The first-order valence-corrected chi connectivity index (χ1v) is 7.72. The molecule has 0 radical (unpaired) electrons. The van der Waals surface area contributed by atoms with Crippen molar-refractivity contribution in [3.05, 3.63) is 33.9 Å². The summed E-state index contributed by atoms with van der Waals surface area (Å²) in [7, 11) is 2.03. The van der Waals surface area contributed by atoms with Crippen LogP contribution in [0.5, 0.6) is 0 Å². The zero-order valence-electron chi connectivity index (χ0n) is 12.3. The number of hydrogen-bond acceptors (Lipinski definition) is 6. The van der Waals surface area contributed by atoms with Crippen LogP contribution in [0.1, 0.15) is 29.6 Å². The number of nitrogens with one attached hydrogen (secondary N) is 1. The van der Waals surface area contributed by atoms with Crippen LogP contribution >= 0.6 is 11.3 Å². The van der Waals surface area contributed by atoms with Gasteiger partial charge in [-0.15, -0.1) is 16.4 Å². The highest BCUT2D eigenvalue weighted by molar-refractivity contribution is 7.09. The first-order valence-electron chi connectivity index (χ1n) is 6.84. The number of thiazole rings is 1. The second-order valence-corrected chi connectivity index (χ2v) is 5.72. The molecule has 2 aromatic heterocycles. The average Bonchev–Trinajstić information content (AvgIpc) is 2.85. The van der Waals surface area contributed by atoms with Gasteiger partial charge in [0.05, 0.1) is 23.4 Å². The Morgan fingerprint density at radius 2 is 2.15 bits per heavy atom. The van der Waals surface area contributed by atoms with Crippen molar-refractivity contribution in [3.63, 3.8) is 0 Å². The van der Waals surface area contributed by atoms with Crippen LogP contribution in [0.25, 0.3) is 0 Å². The fraction of sp³-hybridized carbons (Fsp3) is 0.500. The molecule has 2 aromatic rings. The van der Waals surface area contributed by atoms with Gasteiger partial charge in [-0.2, -0.15) is 5.10 Å². The third-order valence-corrected chi connectivity index (χ3v) is 3.98. The predicted octanol–water partition coefficient (Wildman–Crippen LogP) is 2.38. The zero-order valence-corrected chi connectivity index (χ0v) is 13.1. The largest absolute Gasteiger partial charge is 0.353 e. The summed E-state index contributed by atoms with van der Waals surface area (Å²) in [6.45, 7) is 6.79. The number of rotatable bonds is 7. The highest BCUT2D eigenvalue weighted by Gasteiger charge is 2.08. The van der Waals surface area contributed by atoms with Crippen molar-refractivity contribution in [2.24, 2.45) is 0 Å². The van der Waals surface area contributed by atoms with Crippen LogP contribution in [0.2, 0.25) is 0 Å². The Kier molecular flexibility index (Phi) is 5.43. The summed E-state index contributed by atoms with van der Waals surface area (Å²) in [5.74, 6) is 0.886. The van der Waals surface area contributed by atoms with E-state index < -0.39 is 0 Å². The van der Waals surface area contributed by atoms with E-state index in [1.54, 1.807) is 11.3 Å². The van der Waals surface area contributed by atoms with E-state index in [9.17, 15) is 0 Å². The molecule has 0 amide bonds. The molecule has 0 fully saturated rings. The summed E-state index contributed by atoms with van der Waals surface area (Å²) in [6, 6.07) is 4.05. The number of anilines is 1. The molecular weight excluding hydrogens is 270 g/mol. The summed E-state index contributed by atoms with van der Waals surface area (Å²) in [5, 5.41) is 11.9. The quantitative estimate of drug-likeness (QED) is 0.794. The third-order valence-electron chi connectivity index (χ3n) is 3.06. The molecule has 0 unspecified atom stereocenters. The van der Waals surface area contributed by atoms with Crippen molar-refractivity contribution in [1.29, 1.82) is 0 Å². The first kappa shape index (κ1) is 14.9. The van der Waals surface area contributed by atoms with Crippen molar-refractivity contribution >= 4 is 17.2 Å². The van der Waals surface area contributed by atoms with Crippen LogP contribution in [0.3, 0.4) is 0 Å². The zero-order chi connectivity index (χ0) is 14.4. The minimum Gasteiger partial charge on any atom is -0.353 e. The van der Waals surface area contributed by atoms with Crippen molar-refractivity contribution in [2.75, 3.05) is 18.5 Å². The summed E-state index contributed by atoms with van der Waals surface area (Å²) < 4.78 is 0. The molecular formula is C14H21N5S. The molecule has 0 saturated carbocycles. The molecule has 0 aromatic carbocycles. The Bertz CT molecular complexity index is 523. The number of nitrogens with zero attached hydrogens (tertiary/aromatic N) is 4. The van der Waals surface area contributed by atoms with Gasteiger partial charge in [-0.3, -0.25) is 0 Å². The van der Waals surface area contributed by atoms with Gasteiger partial charge in [0.1, 0.15) is 0 Å². The fourth-order valence-corrected chi connectivity index (χ4v) is 2.65. The molecule has 0 aliphatic rings. The fourth-order valence-electron chi connectivity index (χ4n) is 1.82. The van der Waals surface area contributed by atoms with Crippen molar-refractivity contribution < 1.29 is 0 Å². The molecule has 5 nitrogen and oxygen atoms in total. The minimum absolute atomic E-state index is 0.777. The minimum atomic E-state index is 0.777. The summed E-state index contributed by atoms with van der Waals surface area (Å²) in [6.07, 6.45) is 1.13. The van der Waals surface area contributed by atoms with E-state index in [1.807, 2.05) is 31.6 Å². The monoisotopic (exact) mass is 291 g/mol. The maximum Gasteiger partial charge on any atom is 0.151 e. The van der Waals surface area contributed by atoms with Crippen LogP contribution in [0, 0.1) is 6.92 Å². The van der Waals surface area contributed by atoms with Gasteiger partial charge in [0.15, 0.2) is 5.82 Å². The second kappa shape index (κ2) is 7.31. The van der Waals surface area contributed by atoms with Crippen molar-refractivity contribution in [2.45, 2.75) is 33.4 Å². The molecule has 20 heavy (non-hydrogen) atoms. The van der Waals surface area contributed by atoms with Gasteiger partial charge in [0, 0.05) is 18.5 Å². The summed E-state index contributed by atoms with van der Waals surface area (Å²) in [5.41, 5.74) is 3.95. The molecule has 0 aliphatic heterocycles. The van der Waals surface area contributed by atoms with Crippen LogP contribution in [-0.4, -0.2) is 28.8 Å². The topological polar surface area (TPSA) is 53.9 Å².